The van der Waals surface area contributed by atoms with Gasteiger partial charge in [0.05, 0.1) is 5.69 Å². The Kier molecular flexibility index (Phi) is 6.65. The van der Waals surface area contributed by atoms with Crippen molar-refractivity contribution in [2.24, 2.45) is 0 Å². The van der Waals surface area contributed by atoms with Gasteiger partial charge in [-0.15, -0.1) is 11.3 Å². The highest BCUT2D eigenvalue weighted by Crippen LogP contribution is 2.37. The summed E-state index contributed by atoms with van der Waals surface area (Å²) in [4.78, 5) is 17.1. The van der Waals surface area contributed by atoms with E-state index in [1.807, 2.05) is 35.6 Å². The molecule has 0 fully saturated rings. The summed E-state index contributed by atoms with van der Waals surface area (Å²) in [6.45, 7) is 0.637. The number of carboxylic acids is 1. The summed E-state index contributed by atoms with van der Waals surface area (Å²) in [6.07, 6.45) is 11.3. The average molecular weight is 412 g/mol. The molecule has 2 aliphatic carbocycles. The molecule has 1 aromatic carbocycles. The van der Waals surface area contributed by atoms with E-state index in [1.54, 1.807) is 0 Å². The summed E-state index contributed by atoms with van der Waals surface area (Å²) in [5.41, 5.74) is 5.34. The minimum atomic E-state index is -0.734. The number of carboxylic acid groups (broad SMARTS) is 1. The fourth-order valence-electron chi connectivity index (χ4n) is 4.23. The van der Waals surface area contributed by atoms with E-state index in [0.717, 1.165) is 37.0 Å². The van der Waals surface area contributed by atoms with Crippen molar-refractivity contribution in [3.63, 3.8) is 0 Å². The van der Waals surface area contributed by atoms with Crippen molar-refractivity contribution in [3.8, 4) is 5.75 Å². The highest BCUT2D eigenvalue weighted by molar-refractivity contribution is 7.12. The number of thiazole rings is 1. The van der Waals surface area contributed by atoms with Crippen LogP contribution in [-0.4, -0.2) is 22.7 Å². The van der Waals surface area contributed by atoms with Crippen LogP contribution in [0.4, 0.5) is 0 Å². The van der Waals surface area contributed by atoms with Crippen LogP contribution in [0.25, 0.3) is 5.57 Å². The van der Waals surface area contributed by atoms with Gasteiger partial charge in [0.1, 0.15) is 17.4 Å². The summed E-state index contributed by atoms with van der Waals surface area (Å²) >= 11 is 1.91. The number of rotatable bonds is 8. The molecule has 0 amide bonds. The van der Waals surface area contributed by atoms with Crippen molar-refractivity contribution < 1.29 is 14.6 Å². The van der Waals surface area contributed by atoms with Crippen LogP contribution in [0.2, 0.25) is 0 Å². The number of aryl methyl sites for hydroxylation is 3. The van der Waals surface area contributed by atoms with Gasteiger partial charge in [-0.25, -0.2) is 4.98 Å². The van der Waals surface area contributed by atoms with Gasteiger partial charge in [0.15, 0.2) is 0 Å². The second-order valence-electron chi connectivity index (χ2n) is 8.07. The lowest BCUT2D eigenvalue weighted by molar-refractivity contribution is -0.137. The lowest BCUT2D eigenvalue weighted by Crippen LogP contribution is -2.08. The number of nitrogens with zero attached hydrogens (tertiary/aromatic N) is 1. The third-order valence-corrected chi connectivity index (χ3v) is 7.10. The Hall–Kier alpha value is -2.14. The molecule has 29 heavy (non-hydrogen) atoms. The van der Waals surface area contributed by atoms with E-state index in [9.17, 15) is 4.79 Å². The number of ether oxygens (including phenoxy) is 1. The molecular weight excluding hydrogens is 382 g/mol. The molecule has 0 unspecified atom stereocenters. The van der Waals surface area contributed by atoms with Gasteiger partial charge in [0.25, 0.3) is 0 Å². The van der Waals surface area contributed by atoms with Crippen LogP contribution in [-0.2, 0) is 24.1 Å². The Morgan fingerprint density at radius 2 is 1.79 bits per heavy atom. The molecule has 0 spiro atoms. The zero-order chi connectivity index (χ0) is 20.1. The van der Waals surface area contributed by atoms with Crippen molar-refractivity contribution in [1.82, 2.24) is 4.98 Å². The van der Waals surface area contributed by atoms with Gasteiger partial charge in [0.2, 0.25) is 0 Å². The molecule has 1 N–H and O–H groups in total. The van der Waals surface area contributed by atoms with Gasteiger partial charge < -0.3 is 9.84 Å². The number of allylic oxidation sites excluding steroid dienone is 1. The van der Waals surface area contributed by atoms with E-state index in [4.69, 9.17) is 14.8 Å². The van der Waals surface area contributed by atoms with Crippen LogP contribution < -0.4 is 4.74 Å². The molecule has 4 rings (SSSR count). The molecule has 5 heteroatoms. The molecule has 2 aliphatic rings. The summed E-state index contributed by atoms with van der Waals surface area (Å²) < 4.78 is 6.12. The molecule has 4 nitrogen and oxygen atoms in total. The maximum Gasteiger partial charge on any atom is 0.303 e. The molecule has 0 bridgehead atoms. The fourth-order valence-corrected chi connectivity index (χ4v) is 5.50. The van der Waals surface area contributed by atoms with E-state index < -0.39 is 5.97 Å². The van der Waals surface area contributed by atoms with Crippen molar-refractivity contribution in [2.45, 2.75) is 70.6 Å². The van der Waals surface area contributed by atoms with Crippen LogP contribution in [0.5, 0.6) is 5.75 Å². The van der Waals surface area contributed by atoms with Crippen LogP contribution in [0, 0.1) is 0 Å². The van der Waals surface area contributed by atoms with Gasteiger partial charge in [-0.1, -0.05) is 12.1 Å². The standard InChI is InChI=1S/C24H29NO3S/c26-23(27)11-5-6-17-12-14-19(15-13-17)28-16-18-7-1-2-8-20(18)24-25-21-9-3-4-10-22(21)29-24/h12-15H,1-11,16H2,(H,26,27). The fraction of sp³-hybridized carbons (Fsp3) is 0.500. The van der Waals surface area contributed by atoms with Gasteiger partial charge in [-0.05, 0) is 93.1 Å². The third kappa shape index (κ3) is 5.27. The average Bonchev–Trinajstić information content (AvgIpc) is 3.17. The predicted molar refractivity (Wildman–Crippen MR) is 117 cm³/mol. The molecular formula is C24H29NO3S. The maximum absolute atomic E-state index is 10.6. The van der Waals surface area contributed by atoms with E-state index in [2.05, 4.69) is 0 Å². The van der Waals surface area contributed by atoms with Crippen molar-refractivity contribution in [3.05, 3.63) is 51.0 Å². The molecule has 0 radical (unpaired) electrons. The zero-order valence-electron chi connectivity index (χ0n) is 16.9. The monoisotopic (exact) mass is 411 g/mol. The Bertz CT molecular complexity index is 859. The van der Waals surface area contributed by atoms with Crippen molar-refractivity contribution in [1.29, 1.82) is 0 Å². The van der Waals surface area contributed by atoms with E-state index in [-0.39, 0.29) is 6.42 Å². The van der Waals surface area contributed by atoms with Crippen molar-refractivity contribution >= 4 is 22.9 Å². The van der Waals surface area contributed by atoms with Crippen LogP contribution in [0.1, 0.15) is 72.5 Å². The molecule has 0 saturated carbocycles. The van der Waals surface area contributed by atoms with E-state index in [0.29, 0.717) is 13.0 Å². The largest absolute Gasteiger partial charge is 0.489 e. The summed E-state index contributed by atoms with van der Waals surface area (Å²) in [5, 5.41) is 9.99. The molecule has 0 aliphatic heterocycles. The predicted octanol–water partition coefficient (Wildman–Crippen LogP) is 5.84. The number of aromatic nitrogens is 1. The summed E-state index contributed by atoms with van der Waals surface area (Å²) in [7, 11) is 0. The second-order valence-corrected chi connectivity index (χ2v) is 9.15. The first-order valence-corrected chi connectivity index (χ1v) is 11.6. The van der Waals surface area contributed by atoms with Gasteiger partial charge in [0, 0.05) is 11.3 Å². The first-order valence-electron chi connectivity index (χ1n) is 10.8. The first-order chi connectivity index (χ1) is 14.2. The first kappa shape index (κ1) is 20.1. The van der Waals surface area contributed by atoms with Crippen LogP contribution in [0.15, 0.2) is 29.8 Å². The smallest absolute Gasteiger partial charge is 0.303 e. The molecule has 154 valence electrons. The molecule has 0 saturated heterocycles. The lowest BCUT2D eigenvalue weighted by Gasteiger charge is -2.19. The normalized spacial score (nSPS) is 16.6. The molecule has 0 atom stereocenters. The second kappa shape index (κ2) is 9.57. The Labute approximate surface area is 176 Å². The quantitative estimate of drug-likeness (QED) is 0.593. The summed E-state index contributed by atoms with van der Waals surface area (Å²) in [6, 6.07) is 8.09. The third-order valence-electron chi connectivity index (χ3n) is 5.88. The van der Waals surface area contributed by atoms with Gasteiger partial charge >= 0.3 is 5.97 Å². The van der Waals surface area contributed by atoms with Crippen molar-refractivity contribution in [2.75, 3.05) is 6.61 Å². The number of benzene rings is 1. The van der Waals surface area contributed by atoms with Crippen LogP contribution in [0.3, 0.4) is 0 Å². The van der Waals surface area contributed by atoms with E-state index >= 15 is 0 Å². The molecule has 2 aromatic rings. The minimum absolute atomic E-state index is 0.218. The highest BCUT2D eigenvalue weighted by Gasteiger charge is 2.21. The zero-order valence-corrected chi connectivity index (χ0v) is 17.7. The van der Waals surface area contributed by atoms with Gasteiger partial charge in [-0.3, -0.25) is 4.79 Å². The Morgan fingerprint density at radius 3 is 2.59 bits per heavy atom. The Morgan fingerprint density at radius 1 is 1.03 bits per heavy atom. The molecule has 1 aromatic heterocycles. The lowest BCUT2D eigenvalue weighted by atomic mass is 9.92. The van der Waals surface area contributed by atoms with Crippen LogP contribution >= 0.6 is 11.3 Å². The highest BCUT2D eigenvalue weighted by atomic mass is 32.1. The van der Waals surface area contributed by atoms with Gasteiger partial charge in [-0.2, -0.15) is 0 Å². The number of hydrogen-bond acceptors (Lipinski definition) is 4. The molecule has 1 heterocycles. The number of carbonyl (C=O) groups is 1. The maximum atomic E-state index is 10.6. The summed E-state index contributed by atoms with van der Waals surface area (Å²) in [5.74, 6) is 0.144. The Balaban J connectivity index is 1.40. The SMILES string of the molecule is O=C(O)CCCc1ccc(OCC2=C(c3nc4c(s3)CCCC4)CCCC2)cc1. The minimum Gasteiger partial charge on any atom is -0.489 e. The number of fused-ring (bicyclic) bond motifs is 1. The topological polar surface area (TPSA) is 59.4 Å². The number of hydrogen-bond donors (Lipinski definition) is 1. The van der Waals surface area contributed by atoms with E-state index in [1.165, 1.54) is 58.8 Å². The number of aliphatic carboxylic acids is 1.